The van der Waals surface area contributed by atoms with Crippen LogP contribution in [0.15, 0.2) is 0 Å². The van der Waals surface area contributed by atoms with Crippen LogP contribution in [0.2, 0.25) is 0 Å². The number of aliphatic hydroxyl groups excluding tert-OH is 1. The Labute approximate surface area is 163 Å². The Balaban J connectivity index is 0.00000106. The maximum absolute atomic E-state index is 9.64. The Morgan fingerprint density at radius 3 is 1.12 bits per heavy atom. The zero-order valence-corrected chi connectivity index (χ0v) is 17.7. The maximum atomic E-state index is 9.64. The lowest BCUT2D eigenvalue weighted by Crippen LogP contribution is -1.97. The van der Waals surface area contributed by atoms with Gasteiger partial charge in [-0.1, -0.05) is 116 Å². The molecule has 3 nitrogen and oxygen atoms in total. The normalized spacial score (nSPS) is 15.7. The third-order valence-electron chi connectivity index (χ3n) is 5.16. The summed E-state index contributed by atoms with van der Waals surface area (Å²) in [6.07, 6.45) is 25.6. The molecule has 1 atom stereocenters. The highest BCUT2D eigenvalue weighted by Gasteiger charge is 2.31. The Morgan fingerprint density at radius 2 is 0.923 bits per heavy atom. The zero-order valence-electron chi connectivity index (χ0n) is 17.7. The van der Waals surface area contributed by atoms with Gasteiger partial charge in [0, 0.05) is 6.42 Å². The van der Waals surface area contributed by atoms with E-state index >= 15 is 0 Å². The van der Waals surface area contributed by atoms with Crippen LogP contribution in [0, 0.1) is 0 Å². The van der Waals surface area contributed by atoms with Crippen LogP contribution in [0.5, 0.6) is 0 Å². The van der Waals surface area contributed by atoms with Gasteiger partial charge in [-0.2, -0.15) is 0 Å². The fourth-order valence-electron chi connectivity index (χ4n) is 3.18. The van der Waals surface area contributed by atoms with E-state index in [4.69, 9.17) is 10.8 Å². The van der Waals surface area contributed by atoms with Gasteiger partial charge < -0.3 is 10.8 Å². The topological polar surface area (TPSA) is 63.3 Å². The summed E-state index contributed by atoms with van der Waals surface area (Å²) in [7, 11) is 0. The summed E-state index contributed by atoms with van der Waals surface area (Å²) >= 11 is 0. The van der Waals surface area contributed by atoms with Gasteiger partial charge in [-0.05, 0) is 13.0 Å². The van der Waals surface area contributed by atoms with E-state index in [9.17, 15) is 4.79 Å². The Hall–Kier alpha value is -0.410. The summed E-state index contributed by atoms with van der Waals surface area (Å²) in [6, 6.07) is 0. The summed E-state index contributed by atoms with van der Waals surface area (Å²) in [5.74, 6) is -0.0231. The van der Waals surface area contributed by atoms with E-state index in [0.29, 0.717) is 6.42 Å². The van der Waals surface area contributed by atoms with Crippen LogP contribution in [0.25, 0.3) is 0 Å². The second-order valence-corrected chi connectivity index (χ2v) is 7.99. The molecule has 1 saturated carbocycles. The van der Waals surface area contributed by atoms with Gasteiger partial charge in [0.05, 0.1) is 0 Å². The van der Waals surface area contributed by atoms with E-state index in [1.54, 1.807) is 0 Å². The zero-order chi connectivity index (χ0) is 19.3. The molecule has 0 bridgehead atoms. The SMILES string of the molecule is CCCCCCCCCCCCCCCCCCCCN.O=C1CC1O. The van der Waals surface area contributed by atoms with Gasteiger partial charge in [-0.15, -0.1) is 0 Å². The number of Topliss-reactive ketones (excluding diaryl/α,β-unsaturated/α-hetero) is 1. The summed E-state index contributed by atoms with van der Waals surface area (Å²) in [6.45, 7) is 3.17. The molecule has 0 amide bonds. The van der Waals surface area contributed by atoms with Crippen molar-refractivity contribution in [1.82, 2.24) is 0 Å². The van der Waals surface area contributed by atoms with Crippen LogP contribution >= 0.6 is 0 Å². The van der Waals surface area contributed by atoms with Gasteiger partial charge in [-0.3, -0.25) is 4.79 Å². The minimum atomic E-state index is -0.588. The first-order chi connectivity index (χ1) is 12.7. The second kappa shape index (κ2) is 20.9. The molecule has 1 fully saturated rings. The first kappa shape index (κ1) is 25.6. The smallest absolute Gasteiger partial charge is 0.164 e. The Morgan fingerprint density at radius 1 is 0.692 bits per heavy atom. The molecule has 0 aromatic carbocycles. The average molecular weight is 370 g/mol. The van der Waals surface area contributed by atoms with Crippen LogP contribution in [-0.2, 0) is 4.79 Å². The highest BCUT2D eigenvalue weighted by molar-refractivity contribution is 5.98. The number of nitrogens with two attached hydrogens (primary N) is 1. The van der Waals surface area contributed by atoms with Crippen molar-refractivity contribution in [3.05, 3.63) is 0 Å². The molecule has 0 aliphatic heterocycles. The summed E-state index contributed by atoms with van der Waals surface area (Å²) in [4.78, 5) is 9.64. The minimum absolute atomic E-state index is 0.0231. The number of carbonyl (C=O) groups is 1. The number of hydrogen-bond donors (Lipinski definition) is 2. The number of rotatable bonds is 18. The monoisotopic (exact) mass is 369 g/mol. The fraction of sp³-hybridized carbons (Fsp3) is 0.957. The lowest BCUT2D eigenvalue weighted by atomic mass is 10.0. The molecule has 1 aliphatic carbocycles. The van der Waals surface area contributed by atoms with Crippen LogP contribution in [0.3, 0.4) is 0 Å². The van der Waals surface area contributed by atoms with Crippen molar-refractivity contribution < 1.29 is 9.90 Å². The van der Waals surface area contributed by atoms with Crippen LogP contribution in [-0.4, -0.2) is 23.5 Å². The van der Waals surface area contributed by atoms with Crippen molar-refractivity contribution in [3.8, 4) is 0 Å². The first-order valence-electron chi connectivity index (χ1n) is 11.6. The molecule has 1 aliphatic rings. The minimum Gasteiger partial charge on any atom is -0.385 e. The van der Waals surface area contributed by atoms with Crippen molar-refractivity contribution >= 4 is 5.78 Å². The van der Waals surface area contributed by atoms with Gasteiger partial charge in [-0.25, -0.2) is 0 Å². The molecule has 0 saturated heterocycles. The largest absolute Gasteiger partial charge is 0.385 e. The number of hydrogen-bond acceptors (Lipinski definition) is 3. The second-order valence-electron chi connectivity index (χ2n) is 7.99. The van der Waals surface area contributed by atoms with Crippen molar-refractivity contribution in [3.63, 3.8) is 0 Å². The number of carbonyl (C=O) groups excluding carboxylic acids is 1. The van der Waals surface area contributed by atoms with Crippen LogP contribution < -0.4 is 5.73 Å². The standard InChI is InChI=1S/C20H43N.C3H4O2/c1-2-3-4-5-6-7-8-9-10-11-12-13-14-15-16-17-18-19-20-21;4-2-1-3(2)5/h2-21H2,1H3;2,4H,1H2. The average Bonchev–Trinajstić information content (AvgIpc) is 3.30. The lowest BCUT2D eigenvalue weighted by molar-refractivity contribution is -0.112. The van der Waals surface area contributed by atoms with Gasteiger partial charge >= 0.3 is 0 Å². The van der Waals surface area contributed by atoms with E-state index in [1.165, 1.54) is 116 Å². The van der Waals surface area contributed by atoms with E-state index in [1.807, 2.05) is 0 Å². The fourth-order valence-corrected chi connectivity index (χ4v) is 3.18. The van der Waals surface area contributed by atoms with E-state index in [0.717, 1.165) is 6.54 Å². The molecule has 3 N–H and O–H groups in total. The first-order valence-corrected chi connectivity index (χ1v) is 11.6. The number of unbranched alkanes of at least 4 members (excludes halogenated alkanes) is 17. The van der Waals surface area contributed by atoms with Crippen molar-refractivity contribution in [2.24, 2.45) is 5.73 Å². The van der Waals surface area contributed by atoms with Crippen LogP contribution in [0.1, 0.15) is 129 Å². The number of aliphatic hydroxyl groups is 1. The van der Waals surface area contributed by atoms with Crippen molar-refractivity contribution in [1.29, 1.82) is 0 Å². The third kappa shape index (κ3) is 21.6. The molecule has 1 unspecified atom stereocenters. The summed E-state index contributed by atoms with van der Waals surface area (Å²) in [5, 5.41) is 8.09. The van der Waals surface area contributed by atoms with Crippen molar-refractivity contribution in [2.75, 3.05) is 6.54 Å². The third-order valence-corrected chi connectivity index (χ3v) is 5.16. The molecule has 0 aromatic rings. The molecule has 0 spiro atoms. The molecule has 26 heavy (non-hydrogen) atoms. The molecule has 0 heterocycles. The summed E-state index contributed by atoms with van der Waals surface area (Å²) < 4.78 is 0. The van der Waals surface area contributed by atoms with Crippen molar-refractivity contribution in [2.45, 2.75) is 135 Å². The maximum Gasteiger partial charge on any atom is 0.164 e. The van der Waals surface area contributed by atoms with Gasteiger partial charge in [0.2, 0.25) is 0 Å². The Kier molecular flexibility index (Phi) is 20.6. The molecule has 156 valence electrons. The van der Waals surface area contributed by atoms with E-state index in [-0.39, 0.29) is 5.78 Å². The highest BCUT2D eigenvalue weighted by Crippen LogP contribution is 2.14. The summed E-state index contributed by atoms with van der Waals surface area (Å²) in [5.41, 5.74) is 5.49. The van der Waals surface area contributed by atoms with Gasteiger partial charge in [0.25, 0.3) is 0 Å². The molecule has 0 radical (unpaired) electrons. The van der Waals surface area contributed by atoms with E-state index in [2.05, 4.69) is 6.92 Å². The quantitative estimate of drug-likeness (QED) is 0.278. The molecule has 1 rings (SSSR count). The molecule has 3 heteroatoms. The molecular formula is C23H47NO2. The molecule has 0 aromatic heterocycles. The number of ketones is 1. The predicted octanol–water partition coefficient (Wildman–Crippen LogP) is 6.31. The highest BCUT2D eigenvalue weighted by atomic mass is 16.3. The lowest BCUT2D eigenvalue weighted by Gasteiger charge is -2.03. The van der Waals surface area contributed by atoms with Crippen LogP contribution in [0.4, 0.5) is 0 Å². The molecular weight excluding hydrogens is 322 g/mol. The van der Waals surface area contributed by atoms with Gasteiger partial charge in [0.1, 0.15) is 6.10 Å². The van der Waals surface area contributed by atoms with E-state index < -0.39 is 6.10 Å². The predicted molar refractivity (Wildman–Crippen MR) is 113 cm³/mol. The van der Waals surface area contributed by atoms with Gasteiger partial charge in [0.15, 0.2) is 5.78 Å². The Bertz CT molecular complexity index is 276.